The molecule has 0 saturated carbocycles. The molecule has 1 atom stereocenters. The Morgan fingerprint density at radius 3 is 2.82 bits per heavy atom. The summed E-state index contributed by atoms with van der Waals surface area (Å²) in [6.07, 6.45) is 3.03. The third kappa shape index (κ3) is 4.51. The van der Waals surface area contributed by atoms with Gasteiger partial charge in [0.15, 0.2) is 11.5 Å². The summed E-state index contributed by atoms with van der Waals surface area (Å²) in [5.74, 6) is -2.14. The molecule has 170 valence electrons. The van der Waals surface area contributed by atoms with Crippen LogP contribution in [0.4, 0.5) is 14.5 Å². The number of amides is 1. The molecular weight excluding hydrogens is 454 g/mol. The van der Waals surface area contributed by atoms with E-state index in [9.17, 15) is 13.6 Å². The molecular formula is C22H19ClF2N6O2. The van der Waals surface area contributed by atoms with Gasteiger partial charge < -0.3 is 15.4 Å². The second kappa shape index (κ2) is 9.52. The lowest BCUT2D eigenvalue weighted by atomic mass is 10.1. The number of piperidine rings is 1. The van der Waals surface area contributed by atoms with E-state index in [1.807, 2.05) is 0 Å². The fourth-order valence-corrected chi connectivity index (χ4v) is 3.93. The maximum atomic E-state index is 14.4. The molecule has 3 heterocycles. The van der Waals surface area contributed by atoms with Crippen LogP contribution in [-0.2, 0) is 0 Å². The van der Waals surface area contributed by atoms with Gasteiger partial charge in [-0.15, -0.1) is 0 Å². The van der Waals surface area contributed by atoms with Crippen molar-refractivity contribution in [2.24, 2.45) is 0 Å². The largest absolute Gasteiger partial charge is 0.479 e. The molecule has 1 saturated heterocycles. The predicted molar refractivity (Wildman–Crippen MR) is 118 cm³/mol. The summed E-state index contributed by atoms with van der Waals surface area (Å²) < 4.78 is 34.9. The molecule has 0 unspecified atom stereocenters. The van der Waals surface area contributed by atoms with Gasteiger partial charge in [-0.2, -0.15) is 0 Å². The van der Waals surface area contributed by atoms with Gasteiger partial charge in [0.05, 0.1) is 25.6 Å². The number of nitrogens with zero attached hydrogens (tertiary/aromatic N) is 4. The number of hydrogen-bond acceptors (Lipinski definition) is 5. The smallest absolute Gasteiger partial charge is 0.273 e. The first kappa shape index (κ1) is 22.6. The van der Waals surface area contributed by atoms with Crippen LogP contribution in [0, 0.1) is 18.2 Å². The number of benzene rings is 1. The van der Waals surface area contributed by atoms with Crippen molar-refractivity contribution in [3.05, 3.63) is 64.4 Å². The monoisotopic (exact) mass is 472 g/mol. The van der Waals surface area contributed by atoms with Gasteiger partial charge in [0.25, 0.3) is 5.91 Å². The van der Waals surface area contributed by atoms with Gasteiger partial charge in [0, 0.05) is 24.2 Å². The maximum Gasteiger partial charge on any atom is 0.273 e. The standard InChI is InChI=1S/C22H19ClF2N6O2/c1-26-17-6-5-12(8-15(17)24)20-30-18(21(32)29-13-4-3-7-27-10-13)19(23)31(20)14-9-16(25)22(33-2)28-11-14/h5-6,8-9,11,13,27H,3-4,7,10H2,2H3,(H,29,32)/t13-/m1/s1. The van der Waals surface area contributed by atoms with E-state index in [1.54, 1.807) is 0 Å². The van der Waals surface area contributed by atoms with Crippen LogP contribution in [0.3, 0.4) is 0 Å². The van der Waals surface area contributed by atoms with E-state index in [0.717, 1.165) is 31.5 Å². The number of pyridine rings is 1. The van der Waals surface area contributed by atoms with Crippen LogP contribution in [0.25, 0.3) is 21.9 Å². The average Bonchev–Trinajstić information content (AvgIpc) is 3.16. The Bertz CT molecular complexity index is 1250. The SMILES string of the molecule is [C-]#[N+]c1ccc(-c2nc(C(=O)N[C@@H]3CCCNC3)c(Cl)n2-c2cnc(OC)c(F)c2)cc1F. The minimum absolute atomic E-state index is 0.0905. The third-order valence-corrected chi connectivity index (χ3v) is 5.59. The van der Waals surface area contributed by atoms with E-state index in [1.165, 1.54) is 30.0 Å². The van der Waals surface area contributed by atoms with Crippen LogP contribution >= 0.6 is 11.6 Å². The Labute approximate surface area is 193 Å². The molecule has 1 aliphatic heterocycles. The first-order valence-electron chi connectivity index (χ1n) is 10.1. The quantitative estimate of drug-likeness (QED) is 0.550. The zero-order chi connectivity index (χ0) is 23.5. The molecule has 1 fully saturated rings. The molecule has 1 aliphatic rings. The minimum atomic E-state index is -0.758. The van der Waals surface area contributed by atoms with Crippen molar-refractivity contribution in [2.45, 2.75) is 18.9 Å². The zero-order valence-corrected chi connectivity index (χ0v) is 18.3. The molecule has 0 spiro atoms. The molecule has 11 heteroatoms. The number of carbonyl (C=O) groups is 1. The number of aromatic nitrogens is 3. The lowest BCUT2D eigenvalue weighted by Crippen LogP contribution is -2.45. The lowest BCUT2D eigenvalue weighted by molar-refractivity contribution is 0.0926. The Balaban J connectivity index is 1.82. The van der Waals surface area contributed by atoms with Crippen molar-refractivity contribution < 1.29 is 18.3 Å². The number of nitrogens with one attached hydrogen (secondary N) is 2. The minimum Gasteiger partial charge on any atom is -0.479 e. The van der Waals surface area contributed by atoms with E-state index in [4.69, 9.17) is 22.9 Å². The fourth-order valence-electron chi connectivity index (χ4n) is 3.63. The van der Waals surface area contributed by atoms with Crippen LogP contribution in [0.1, 0.15) is 23.3 Å². The topological polar surface area (TPSA) is 85.4 Å². The number of carbonyl (C=O) groups excluding carboxylic acids is 1. The summed E-state index contributed by atoms with van der Waals surface area (Å²) in [6.45, 7) is 8.54. The molecule has 3 aromatic rings. The fraction of sp³-hybridized carbons (Fsp3) is 0.273. The van der Waals surface area contributed by atoms with Gasteiger partial charge >= 0.3 is 0 Å². The van der Waals surface area contributed by atoms with E-state index >= 15 is 0 Å². The highest BCUT2D eigenvalue weighted by molar-refractivity contribution is 6.33. The molecule has 0 aliphatic carbocycles. The van der Waals surface area contributed by atoms with Gasteiger partial charge in [-0.3, -0.25) is 9.36 Å². The van der Waals surface area contributed by atoms with Crippen LogP contribution in [-0.4, -0.2) is 46.7 Å². The second-order valence-electron chi connectivity index (χ2n) is 7.39. The summed E-state index contributed by atoms with van der Waals surface area (Å²) in [7, 11) is 1.28. The first-order chi connectivity index (χ1) is 15.9. The maximum absolute atomic E-state index is 14.4. The molecule has 0 radical (unpaired) electrons. The molecule has 4 rings (SSSR count). The Hall–Kier alpha value is -3.55. The van der Waals surface area contributed by atoms with Gasteiger partial charge in [-0.25, -0.2) is 23.6 Å². The van der Waals surface area contributed by atoms with Gasteiger partial charge in [0.2, 0.25) is 11.6 Å². The van der Waals surface area contributed by atoms with Gasteiger partial charge in [0.1, 0.15) is 16.8 Å². The van der Waals surface area contributed by atoms with E-state index in [-0.39, 0.29) is 45.5 Å². The molecule has 8 nitrogen and oxygen atoms in total. The van der Waals surface area contributed by atoms with Gasteiger partial charge in [-0.1, -0.05) is 23.7 Å². The van der Waals surface area contributed by atoms with Crippen LogP contribution in [0.5, 0.6) is 5.88 Å². The van der Waals surface area contributed by atoms with E-state index < -0.39 is 17.5 Å². The highest BCUT2D eigenvalue weighted by Gasteiger charge is 2.26. The molecule has 1 amide bonds. The second-order valence-corrected chi connectivity index (χ2v) is 7.75. The van der Waals surface area contributed by atoms with E-state index in [0.29, 0.717) is 6.54 Å². The number of methoxy groups -OCH3 is 1. The Morgan fingerprint density at radius 1 is 1.36 bits per heavy atom. The van der Waals surface area contributed by atoms with Gasteiger partial charge in [-0.05, 0) is 25.5 Å². The van der Waals surface area contributed by atoms with Crippen molar-refractivity contribution in [3.63, 3.8) is 0 Å². The summed E-state index contributed by atoms with van der Waals surface area (Å²) >= 11 is 6.55. The molecule has 2 N–H and O–H groups in total. The Kier molecular flexibility index (Phi) is 6.53. The van der Waals surface area contributed by atoms with E-state index in [2.05, 4.69) is 25.4 Å². The third-order valence-electron chi connectivity index (χ3n) is 5.24. The summed E-state index contributed by atoms with van der Waals surface area (Å²) in [4.78, 5) is 24.4. The average molecular weight is 473 g/mol. The summed E-state index contributed by atoms with van der Waals surface area (Å²) in [5.41, 5.74) is 0.149. The molecule has 0 bridgehead atoms. The molecule has 33 heavy (non-hydrogen) atoms. The summed E-state index contributed by atoms with van der Waals surface area (Å²) in [5, 5.41) is 6.01. The van der Waals surface area contributed by atoms with Crippen LogP contribution < -0.4 is 15.4 Å². The molecule has 2 aromatic heterocycles. The number of ether oxygens (including phenoxy) is 1. The number of rotatable bonds is 5. The van der Waals surface area contributed by atoms with Crippen molar-refractivity contribution in [1.29, 1.82) is 0 Å². The van der Waals surface area contributed by atoms with Crippen LogP contribution in [0.2, 0.25) is 5.15 Å². The Morgan fingerprint density at radius 2 is 2.18 bits per heavy atom. The number of imidazole rings is 1. The van der Waals surface area contributed by atoms with Crippen molar-refractivity contribution in [1.82, 2.24) is 25.2 Å². The lowest BCUT2D eigenvalue weighted by Gasteiger charge is -2.23. The summed E-state index contributed by atoms with van der Waals surface area (Å²) in [6, 6.07) is 4.92. The molecule has 1 aromatic carbocycles. The highest BCUT2D eigenvalue weighted by Crippen LogP contribution is 2.33. The predicted octanol–water partition coefficient (Wildman–Crippen LogP) is 3.91. The van der Waals surface area contributed by atoms with Crippen molar-refractivity contribution in [3.8, 4) is 23.0 Å². The highest BCUT2D eigenvalue weighted by atomic mass is 35.5. The first-order valence-corrected chi connectivity index (χ1v) is 10.5. The number of hydrogen-bond donors (Lipinski definition) is 2. The van der Waals surface area contributed by atoms with Crippen molar-refractivity contribution >= 4 is 23.2 Å². The zero-order valence-electron chi connectivity index (χ0n) is 17.5. The normalized spacial score (nSPS) is 15.7. The van der Waals surface area contributed by atoms with Crippen LogP contribution in [0.15, 0.2) is 30.5 Å². The number of halogens is 3. The van der Waals surface area contributed by atoms with Crippen molar-refractivity contribution in [2.75, 3.05) is 20.2 Å².